The lowest BCUT2D eigenvalue weighted by Gasteiger charge is -2.35. The van der Waals surface area contributed by atoms with Crippen LogP contribution in [0.3, 0.4) is 0 Å². The van der Waals surface area contributed by atoms with E-state index in [-0.39, 0.29) is 10.2 Å². The highest BCUT2D eigenvalue weighted by molar-refractivity contribution is 7.81. The van der Waals surface area contributed by atoms with Gasteiger partial charge >= 0.3 is 0 Å². The smallest absolute Gasteiger partial charge is 0.115 e. The van der Waals surface area contributed by atoms with E-state index in [2.05, 4.69) is 47.2 Å². The second-order valence-corrected chi connectivity index (χ2v) is 7.74. The highest BCUT2D eigenvalue weighted by Crippen LogP contribution is 2.42. The molecule has 1 aromatic rings. The maximum atomic E-state index is 9.36. The minimum absolute atomic E-state index is 0.00975. The van der Waals surface area contributed by atoms with E-state index in [1.54, 1.807) is 12.1 Å². The fourth-order valence-electron chi connectivity index (χ4n) is 2.13. The number of thiol groups is 1. The van der Waals surface area contributed by atoms with Gasteiger partial charge in [-0.05, 0) is 35.4 Å². The minimum Gasteiger partial charge on any atom is -0.508 e. The second kappa shape index (κ2) is 4.93. The number of benzene rings is 1. The molecule has 96 valence electrons. The highest BCUT2D eigenvalue weighted by Gasteiger charge is 2.30. The van der Waals surface area contributed by atoms with Gasteiger partial charge in [-0.15, -0.1) is 0 Å². The van der Waals surface area contributed by atoms with Crippen molar-refractivity contribution in [1.82, 2.24) is 0 Å². The van der Waals surface area contributed by atoms with Gasteiger partial charge in [-0.2, -0.15) is 12.6 Å². The Morgan fingerprint density at radius 3 is 1.88 bits per heavy atom. The van der Waals surface area contributed by atoms with Gasteiger partial charge in [-0.25, -0.2) is 0 Å². The zero-order valence-electron chi connectivity index (χ0n) is 11.5. The van der Waals surface area contributed by atoms with E-state index in [4.69, 9.17) is 0 Å². The molecule has 2 heteroatoms. The summed E-state index contributed by atoms with van der Waals surface area (Å²) in [5.74, 6) is 0.766. The molecule has 0 aliphatic carbocycles. The van der Waals surface area contributed by atoms with Crippen molar-refractivity contribution in [3.8, 4) is 5.75 Å². The van der Waals surface area contributed by atoms with Gasteiger partial charge in [0, 0.05) is 4.75 Å². The minimum atomic E-state index is 0.00975. The first-order chi connectivity index (χ1) is 7.59. The summed E-state index contributed by atoms with van der Waals surface area (Å²) in [4.78, 5) is 0. The largest absolute Gasteiger partial charge is 0.508 e. The quantitative estimate of drug-likeness (QED) is 0.752. The molecule has 0 heterocycles. The first-order valence-corrected chi connectivity index (χ1v) is 6.55. The van der Waals surface area contributed by atoms with E-state index in [0.29, 0.717) is 11.7 Å². The van der Waals surface area contributed by atoms with Gasteiger partial charge in [0.2, 0.25) is 0 Å². The summed E-state index contributed by atoms with van der Waals surface area (Å²) < 4.78 is 0.00975. The van der Waals surface area contributed by atoms with Crippen LogP contribution in [0.15, 0.2) is 24.3 Å². The van der Waals surface area contributed by atoms with Crippen LogP contribution in [-0.4, -0.2) is 9.85 Å². The lowest BCUT2D eigenvalue weighted by molar-refractivity contribution is 0.289. The Labute approximate surface area is 111 Å². The number of aromatic hydroxyl groups is 1. The molecular weight excluding hydrogens is 228 g/mol. The predicted octanol–water partition coefficient (Wildman–Crippen LogP) is 4.62. The van der Waals surface area contributed by atoms with Crippen LogP contribution in [0.5, 0.6) is 5.75 Å². The van der Waals surface area contributed by atoms with Crippen LogP contribution in [0.25, 0.3) is 0 Å². The molecule has 0 saturated carbocycles. The molecule has 0 aliphatic heterocycles. The summed E-state index contributed by atoms with van der Waals surface area (Å²) in [6, 6.07) is 7.56. The van der Waals surface area contributed by atoms with Crippen molar-refractivity contribution >= 4 is 12.6 Å². The highest BCUT2D eigenvalue weighted by atomic mass is 32.1. The molecule has 0 aromatic heterocycles. The summed E-state index contributed by atoms with van der Waals surface area (Å²) in [6.45, 7) is 11.1. The maximum absolute atomic E-state index is 9.36. The molecule has 0 spiro atoms. The molecule has 0 amide bonds. The van der Waals surface area contributed by atoms with Crippen LogP contribution in [0, 0.1) is 5.41 Å². The molecule has 1 atom stereocenters. The van der Waals surface area contributed by atoms with E-state index < -0.39 is 0 Å². The Bertz CT molecular complexity index is 354. The van der Waals surface area contributed by atoms with Gasteiger partial charge in [0.05, 0.1) is 0 Å². The summed E-state index contributed by atoms with van der Waals surface area (Å²) in [7, 11) is 0. The molecule has 0 radical (unpaired) electrons. The Morgan fingerprint density at radius 1 is 1.06 bits per heavy atom. The van der Waals surface area contributed by atoms with Crippen LogP contribution >= 0.6 is 12.6 Å². The van der Waals surface area contributed by atoms with Crippen LogP contribution in [0.4, 0.5) is 0 Å². The first-order valence-electron chi connectivity index (χ1n) is 6.11. The third kappa shape index (κ3) is 4.63. The maximum Gasteiger partial charge on any atom is 0.115 e. The van der Waals surface area contributed by atoms with E-state index in [9.17, 15) is 5.11 Å². The molecule has 1 aromatic carbocycles. The Morgan fingerprint density at radius 2 is 1.53 bits per heavy atom. The fourth-order valence-corrected chi connectivity index (χ4v) is 2.31. The summed E-state index contributed by atoms with van der Waals surface area (Å²) in [6.07, 6.45) is 1.02. The van der Waals surface area contributed by atoms with Crippen LogP contribution in [0.1, 0.15) is 52.5 Å². The van der Waals surface area contributed by atoms with Crippen molar-refractivity contribution in [3.63, 3.8) is 0 Å². The van der Waals surface area contributed by atoms with Crippen molar-refractivity contribution in [2.24, 2.45) is 5.41 Å². The number of phenols is 1. The van der Waals surface area contributed by atoms with E-state index in [1.807, 2.05) is 12.1 Å². The third-order valence-corrected chi connectivity index (χ3v) is 3.23. The Hall–Kier alpha value is -0.630. The molecular formula is C15H24OS. The van der Waals surface area contributed by atoms with Crippen LogP contribution in [0.2, 0.25) is 0 Å². The van der Waals surface area contributed by atoms with Gasteiger partial charge in [-0.1, -0.05) is 46.8 Å². The van der Waals surface area contributed by atoms with E-state index >= 15 is 0 Å². The average Bonchev–Trinajstić information content (AvgIpc) is 2.13. The zero-order chi connectivity index (χ0) is 13.3. The Kier molecular flexibility index (Phi) is 4.19. The van der Waals surface area contributed by atoms with Gasteiger partial charge in [0.15, 0.2) is 0 Å². The molecule has 0 fully saturated rings. The monoisotopic (exact) mass is 252 g/mol. The predicted molar refractivity (Wildman–Crippen MR) is 78.0 cm³/mol. The average molecular weight is 252 g/mol. The summed E-state index contributed by atoms with van der Waals surface area (Å²) in [5, 5.41) is 9.36. The first kappa shape index (κ1) is 14.4. The number of phenolic OH excluding ortho intramolecular Hbond substituents is 1. The topological polar surface area (TPSA) is 20.2 Å². The van der Waals surface area contributed by atoms with Crippen molar-refractivity contribution in [2.75, 3.05) is 0 Å². The van der Waals surface area contributed by atoms with Gasteiger partial charge in [0.25, 0.3) is 0 Å². The van der Waals surface area contributed by atoms with Crippen LogP contribution in [-0.2, 0) is 0 Å². The Balaban J connectivity index is 3.03. The van der Waals surface area contributed by atoms with Gasteiger partial charge in [0.1, 0.15) is 5.75 Å². The van der Waals surface area contributed by atoms with E-state index in [0.717, 1.165) is 6.42 Å². The normalized spacial score (nSPS) is 14.7. The fraction of sp³-hybridized carbons (Fsp3) is 0.600. The lowest BCUT2D eigenvalue weighted by atomic mass is 9.72. The van der Waals surface area contributed by atoms with Gasteiger partial charge < -0.3 is 5.11 Å². The second-order valence-electron chi connectivity index (χ2n) is 6.53. The van der Waals surface area contributed by atoms with Crippen molar-refractivity contribution in [2.45, 2.75) is 51.7 Å². The molecule has 17 heavy (non-hydrogen) atoms. The third-order valence-electron chi connectivity index (χ3n) is 3.04. The van der Waals surface area contributed by atoms with Crippen molar-refractivity contribution < 1.29 is 5.11 Å². The van der Waals surface area contributed by atoms with Gasteiger partial charge in [-0.3, -0.25) is 0 Å². The molecule has 0 aliphatic rings. The molecule has 1 N–H and O–H groups in total. The number of hydrogen-bond donors (Lipinski definition) is 2. The number of rotatable bonds is 3. The standard InChI is InChI=1S/C15H24OS/c1-14(2,3)13(10-15(4,5)17)11-6-8-12(16)9-7-11/h6-9,13,16-17H,10H2,1-5H3. The van der Waals surface area contributed by atoms with Crippen molar-refractivity contribution in [3.05, 3.63) is 29.8 Å². The molecule has 0 saturated heterocycles. The SMILES string of the molecule is CC(C)(S)CC(c1ccc(O)cc1)C(C)(C)C. The molecule has 1 nitrogen and oxygen atoms in total. The number of hydrogen-bond acceptors (Lipinski definition) is 2. The van der Waals surface area contributed by atoms with E-state index in [1.165, 1.54) is 5.56 Å². The van der Waals surface area contributed by atoms with Crippen molar-refractivity contribution in [1.29, 1.82) is 0 Å². The summed E-state index contributed by atoms with van der Waals surface area (Å²) in [5.41, 5.74) is 1.47. The summed E-state index contributed by atoms with van der Waals surface area (Å²) >= 11 is 4.65. The lowest BCUT2D eigenvalue weighted by Crippen LogP contribution is -2.25. The molecule has 1 rings (SSSR count). The zero-order valence-corrected chi connectivity index (χ0v) is 12.4. The molecule has 1 unspecified atom stereocenters. The van der Waals surface area contributed by atoms with Crippen LogP contribution < -0.4 is 0 Å². The molecule has 0 bridgehead atoms.